The van der Waals surface area contributed by atoms with Crippen LogP contribution in [0.1, 0.15) is 31.4 Å². The summed E-state index contributed by atoms with van der Waals surface area (Å²) in [4.78, 5) is 7.67. The molecule has 1 aliphatic carbocycles. The Morgan fingerprint density at radius 3 is 1.93 bits per heavy atom. The van der Waals surface area contributed by atoms with Gasteiger partial charge in [-0.2, -0.15) is 39.5 Å². The first-order valence-corrected chi connectivity index (χ1v) is 8.44. The molecule has 28 heavy (non-hydrogen) atoms. The molecule has 1 fully saturated rings. The molecule has 0 saturated heterocycles. The maximum Gasteiger partial charge on any atom is 0.460 e. The second-order valence-corrected chi connectivity index (χ2v) is 6.96. The Kier molecular flexibility index (Phi) is 6.05. The minimum Gasteiger partial charge on any atom is -0.366 e. The van der Waals surface area contributed by atoms with Gasteiger partial charge in [0.2, 0.25) is 0 Å². The van der Waals surface area contributed by atoms with E-state index in [-0.39, 0.29) is 23.7 Å². The fourth-order valence-corrected chi connectivity index (χ4v) is 3.15. The molecule has 0 spiro atoms. The SMILES string of the molecule is Cc1ncnc(NC2CCC(C(F)(F)C(F)(F)C(F)(F)C(F)(F)F)CC2)c1Cl. The Labute approximate surface area is 158 Å². The lowest BCUT2D eigenvalue weighted by molar-refractivity contribution is -0.404. The number of hydrogen-bond donors (Lipinski definition) is 1. The maximum absolute atomic E-state index is 14.0. The van der Waals surface area contributed by atoms with Crippen LogP contribution in [-0.4, -0.2) is 40.0 Å². The molecule has 1 saturated carbocycles. The average Bonchev–Trinajstić information content (AvgIpc) is 2.58. The Morgan fingerprint density at radius 1 is 0.893 bits per heavy atom. The van der Waals surface area contributed by atoms with Crippen molar-refractivity contribution in [2.24, 2.45) is 5.92 Å². The number of aromatic nitrogens is 2. The first-order valence-electron chi connectivity index (χ1n) is 8.06. The van der Waals surface area contributed by atoms with Crippen LogP contribution < -0.4 is 5.32 Å². The van der Waals surface area contributed by atoms with Crippen molar-refractivity contribution in [2.45, 2.75) is 62.6 Å². The van der Waals surface area contributed by atoms with E-state index in [9.17, 15) is 39.5 Å². The fourth-order valence-electron chi connectivity index (χ4n) is 3.00. The Hall–Kier alpha value is -1.46. The monoisotopic (exact) mass is 443 g/mol. The minimum atomic E-state index is -6.86. The van der Waals surface area contributed by atoms with Crippen molar-refractivity contribution < 1.29 is 39.5 Å². The van der Waals surface area contributed by atoms with Crippen LogP contribution in [0, 0.1) is 12.8 Å². The molecule has 1 aromatic rings. The molecule has 3 nitrogen and oxygen atoms in total. The van der Waals surface area contributed by atoms with Crippen molar-refractivity contribution in [1.82, 2.24) is 9.97 Å². The third kappa shape index (κ3) is 3.84. The second kappa shape index (κ2) is 7.42. The van der Waals surface area contributed by atoms with Crippen molar-refractivity contribution >= 4 is 17.4 Å². The number of anilines is 1. The summed E-state index contributed by atoms with van der Waals surface area (Å²) in [6.45, 7) is 1.58. The van der Waals surface area contributed by atoms with Crippen molar-refractivity contribution in [3.05, 3.63) is 17.0 Å². The van der Waals surface area contributed by atoms with Gasteiger partial charge >= 0.3 is 23.9 Å². The molecule has 13 heteroatoms. The lowest BCUT2D eigenvalue weighted by Gasteiger charge is -2.40. The normalized spacial score (nSPS) is 22.2. The number of nitrogens with one attached hydrogen (secondary N) is 1. The summed E-state index contributed by atoms with van der Waals surface area (Å²) in [5.74, 6) is -21.1. The van der Waals surface area contributed by atoms with Gasteiger partial charge in [0.05, 0.1) is 5.69 Å². The zero-order valence-corrected chi connectivity index (χ0v) is 15.0. The summed E-state index contributed by atoms with van der Waals surface area (Å²) >= 11 is 5.97. The van der Waals surface area contributed by atoms with Gasteiger partial charge in [0, 0.05) is 12.0 Å². The topological polar surface area (TPSA) is 37.8 Å². The predicted molar refractivity (Wildman–Crippen MR) is 82.0 cm³/mol. The van der Waals surface area contributed by atoms with Gasteiger partial charge in [0.25, 0.3) is 0 Å². The van der Waals surface area contributed by atoms with Gasteiger partial charge in [0.15, 0.2) is 0 Å². The summed E-state index contributed by atoms with van der Waals surface area (Å²) in [7, 11) is 0. The summed E-state index contributed by atoms with van der Waals surface area (Å²) in [6, 6.07) is -0.546. The van der Waals surface area contributed by atoms with Crippen molar-refractivity contribution in [2.75, 3.05) is 5.32 Å². The van der Waals surface area contributed by atoms with Gasteiger partial charge < -0.3 is 5.32 Å². The lowest BCUT2D eigenvalue weighted by atomic mass is 9.79. The molecule has 1 aliphatic rings. The molecule has 1 heterocycles. The number of nitrogens with zero attached hydrogens (tertiary/aromatic N) is 2. The zero-order valence-electron chi connectivity index (χ0n) is 14.2. The Balaban J connectivity index is 2.10. The molecular formula is C15H15ClF9N3. The van der Waals surface area contributed by atoms with E-state index in [0.717, 1.165) is 0 Å². The molecule has 160 valence electrons. The quantitative estimate of drug-likeness (QED) is 0.578. The number of hydrogen-bond acceptors (Lipinski definition) is 3. The lowest BCUT2D eigenvalue weighted by Crippen LogP contribution is -2.63. The highest BCUT2D eigenvalue weighted by Gasteiger charge is 2.82. The van der Waals surface area contributed by atoms with Gasteiger partial charge in [-0.25, -0.2) is 9.97 Å². The number of halogens is 10. The van der Waals surface area contributed by atoms with Crippen molar-refractivity contribution in [3.63, 3.8) is 0 Å². The molecule has 0 atom stereocenters. The van der Waals surface area contributed by atoms with E-state index in [2.05, 4.69) is 15.3 Å². The zero-order chi connectivity index (χ0) is 21.5. The van der Waals surface area contributed by atoms with Crippen molar-refractivity contribution in [3.8, 4) is 0 Å². The standard InChI is InChI=1S/C15H15ClF9N3/c1-7-10(16)11(27-6-26-7)28-9-4-2-8(3-5-9)12(17,18)13(19,20)14(21,22)15(23,24)25/h6,8-9H,2-5H2,1H3,(H,26,27,28). The smallest absolute Gasteiger partial charge is 0.366 e. The molecule has 0 bridgehead atoms. The number of alkyl halides is 9. The van der Waals surface area contributed by atoms with E-state index in [1.165, 1.54) is 6.33 Å². The van der Waals surface area contributed by atoms with Crippen LogP contribution in [-0.2, 0) is 0 Å². The van der Waals surface area contributed by atoms with E-state index in [4.69, 9.17) is 11.6 Å². The summed E-state index contributed by atoms with van der Waals surface area (Å²) in [5.41, 5.74) is 0.424. The summed E-state index contributed by atoms with van der Waals surface area (Å²) in [5, 5.41) is 2.97. The first-order chi connectivity index (χ1) is 12.6. The third-order valence-corrected chi connectivity index (χ3v) is 5.17. The van der Waals surface area contributed by atoms with Crippen molar-refractivity contribution in [1.29, 1.82) is 0 Å². The Bertz CT molecular complexity index is 700. The second-order valence-electron chi connectivity index (χ2n) is 6.58. The molecule has 0 unspecified atom stereocenters. The Morgan fingerprint density at radius 2 is 1.43 bits per heavy atom. The molecular weight excluding hydrogens is 429 g/mol. The van der Waals surface area contributed by atoms with Crippen LogP contribution in [0.15, 0.2) is 6.33 Å². The van der Waals surface area contributed by atoms with Gasteiger partial charge in [-0.1, -0.05) is 11.6 Å². The van der Waals surface area contributed by atoms with Crippen LogP contribution in [0.4, 0.5) is 45.3 Å². The van der Waals surface area contributed by atoms with Crippen LogP contribution in [0.25, 0.3) is 0 Å². The molecule has 1 aromatic heterocycles. The molecule has 2 rings (SSSR count). The van der Waals surface area contributed by atoms with Crippen LogP contribution in [0.5, 0.6) is 0 Å². The van der Waals surface area contributed by atoms with Gasteiger partial charge in [0.1, 0.15) is 17.2 Å². The highest BCUT2D eigenvalue weighted by Crippen LogP contribution is 2.57. The number of rotatable bonds is 5. The number of aryl methyl sites for hydroxylation is 1. The first kappa shape index (κ1) is 22.8. The highest BCUT2D eigenvalue weighted by atomic mass is 35.5. The van der Waals surface area contributed by atoms with E-state index in [1.807, 2.05) is 0 Å². The largest absolute Gasteiger partial charge is 0.460 e. The van der Waals surface area contributed by atoms with E-state index in [0.29, 0.717) is 5.69 Å². The molecule has 0 aliphatic heterocycles. The molecule has 0 radical (unpaired) electrons. The van der Waals surface area contributed by atoms with E-state index >= 15 is 0 Å². The minimum absolute atomic E-state index is 0.159. The van der Waals surface area contributed by atoms with Gasteiger partial charge in [-0.15, -0.1) is 0 Å². The van der Waals surface area contributed by atoms with E-state index < -0.39 is 48.7 Å². The summed E-state index contributed by atoms with van der Waals surface area (Å²) in [6.07, 6.45) is -7.34. The van der Waals surface area contributed by atoms with Gasteiger partial charge in [-0.3, -0.25) is 0 Å². The van der Waals surface area contributed by atoms with E-state index in [1.54, 1.807) is 6.92 Å². The van der Waals surface area contributed by atoms with Crippen LogP contribution in [0.2, 0.25) is 5.02 Å². The maximum atomic E-state index is 14.0. The van der Waals surface area contributed by atoms with Crippen LogP contribution >= 0.6 is 11.6 Å². The summed E-state index contributed by atoms with van der Waals surface area (Å²) < 4.78 is 118. The van der Waals surface area contributed by atoms with Crippen LogP contribution in [0.3, 0.4) is 0 Å². The average molecular weight is 444 g/mol. The molecule has 0 aromatic carbocycles. The molecule has 1 N–H and O–H groups in total. The third-order valence-electron chi connectivity index (χ3n) is 4.71. The highest BCUT2D eigenvalue weighted by molar-refractivity contribution is 6.33. The van der Waals surface area contributed by atoms with Gasteiger partial charge in [-0.05, 0) is 32.6 Å². The predicted octanol–water partition coefficient (Wildman–Crippen LogP) is 5.88. The molecule has 0 amide bonds. The fraction of sp³-hybridized carbons (Fsp3) is 0.733.